The molecule has 2 fully saturated rings. The monoisotopic (exact) mass is 359 g/mol. The van der Waals surface area contributed by atoms with Gasteiger partial charge in [-0.3, -0.25) is 9.59 Å². The molecule has 9 nitrogen and oxygen atoms in total. The highest BCUT2D eigenvalue weighted by Crippen LogP contribution is 2.44. The van der Waals surface area contributed by atoms with Crippen LogP contribution in [-0.2, 0) is 28.6 Å². The second kappa shape index (κ2) is 5.05. The Bertz CT molecular complexity index is 965. The average Bonchev–Trinajstić information content (AvgIpc) is 2.96. The maximum absolute atomic E-state index is 12.4. The van der Waals surface area contributed by atoms with Gasteiger partial charge in [0.25, 0.3) is 0 Å². The summed E-state index contributed by atoms with van der Waals surface area (Å²) < 4.78 is 22.0. The van der Waals surface area contributed by atoms with Crippen LogP contribution in [0.5, 0.6) is 0 Å². The Morgan fingerprint density at radius 2 is 1.77 bits per heavy atom. The van der Waals surface area contributed by atoms with Gasteiger partial charge in [0.05, 0.1) is 18.4 Å². The van der Waals surface area contributed by atoms with E-state index in [1.807, 2.05) is 0 Å². The maximum atomic E-state index is 12.4. The minimum absolute atomic E-state index is 0.261. The lowest BCUT2D eigenvalue weighted by Gasteiger charge is -2.36. The number of hydrogen-bond donors (Lipinski definition) is 2. The zero-order valence-corrected chi connectivity index (χ0v) is 13.3. The van der Waals surface area contributed by atoms with Crippen molar-refractivity contribution in [1.82, 2.24) is 5.32 Å². The predicted molar refractivity (Wildman–Crippen MR) is 81.1 cm³/mol. The molecule has 3 aliphatic rings. The summed E-state index contributed by atoms with van der Waals surface area (Å²) in [6.45, 7) is 0. The summed E-state index contributed by atoms with van der Waals surface area (Å²) in [5, 5.41) is 13.9. The van der Waals surface area contributed by atoms with E-state index in [1.165, 1.54) is 0 Å². The Kier molecular flexibility index (Phi) is 2.98. The van der Waals surface area contributed by atoms with Crippen molar-refractivity contribution < 1.29 is 38.1 Å². The molecule has 2 aromatic rings. The van der Waals surface area contributed by atoms with Crippen LogP contribution in [-0.4, -0.2) is 34.8 Å². The molecular weight excluding hydrogens is 346 g/mol. The van der Waals surface area contributed by atoms with Gasteiger partial charge in [-0.25, -0.2) is 10.1 Å². The van der Waals surface area contributed by atoms with Crippen LogP contribution in [0.2, 0.25) is 0 Å². The summed E-state index contributed by atoms with van der Waals surface area (Å²) in [6, 6.07) is 7.05. The van der Waals surface area contributed by atoms with Crippen LogP contribution in [0.25, 0.3) is 11.0 Å². The van der Waals surface area contributed by atoms with Crippen molar-refractivity contribution in [3.8, 4) is 0 Å². The lowest BCUT2D eigenvalue weighted by atomic mass is 9.94. The van der Waals surface area contributed by atoms with Crippen molar-refractivity contribution in [3.05, 3.63) is 35.6 Å². The quantitative estimate of drug-likeness (QED) is 0.513. The van der Waals surface area contributed by atoms with Gasteiger partial charge in [-0.1, -0.05) is 18.2 Å². The van der Waals surface area contributed by atoms with Gasteiger partial charge in [-0.15, -0.1) is 0 Å². The van der Waals surface area contributed by atoms with Crippen LogP contribution in [0.3, 0.4) is 0 Å². The summed E-state index contributed by atoms with van der Waals surface area (Å²) in [7, 11) is 0. The van der Waals surface area contributed by atoms with E-state index in [9.17, 15) is 19.5 Å². The molecule has 4 atom stereocenters. The van der Waals surface area contributed by atoms with Crippen molar-refractivity contribution in [2.45, 2.75) is 37.0 Å². The highest BCUT2D eigenvalue weighted by molar-refractivity contribution is 5.91. The molecule has 1 aromatic carbocycles. The zero-order valence-electron chi connectivity index (χ0n) is 13.3. The number of benzene rings is 1. The van der Waals surface area contributed by atoms with Gasteiger partial charge in [-0.05, 0) is 6.07 Å². The van der Waals surface area contributed by atoms with Crippen LogP contribution in [0.1, 0.15) is 36.5 Å². The van der Waals surface area contributed by atoms with Crippen molar-refractivity contribution in [2.75, 3.05) is 0 Å². The Balaban J connectivity index is 1.76. The largest absolute Gasteiger partial charge is 0.455 e. The molecule has 134 valence electrons. The summed E-state index contributed by atoms with van der Waals surface area (Å²) in [5.74, 6) is -2.52. The third-order valence-corrected chi connectivity index (χ3v) is 4.77. The Hall–Kier alpha value is -2.91. The predicted octanol–water partition coefficient (Wildman–Crippen LogP) is 0.570. The van der Waals surface area contributed by atoms with E-state index in [4.69, 9.17) is 18.6 Å². The first kappa shape index (κ1) is 15.4. The Morgan fingerprint density at radius 1 is 1.04 bits per heavy atom. The second-order valence-corrected chi connectivity index (χ2v) is 6.53. The molecule has 0 radical (unpaired) electrons. The van der Waals surface area contributed by atoms with E-state index in [2.05, 4.69) is 5.32 Å². The molecule has 1 aromatic heterocycles. The number of ether oxygens (including phenoxy) is 3. The van der Waals surface area contributed by atoms with Crippen molar-refractivity contribution >= 4 is 28.9 Å². The van der Waals surface area contributed by atoms with E-state index >= 15 is 0 Å². The second-order valence-electron chi connectivity index (χ2n) is 6.53. The fourth-order valence-electron chi connectivity index (χ4n) is 3.61. The zero-order chi connectivity index (χ0) is 18.1. The van der Waals surface area contributed by atoms with Gasteiger partial charge >= 0.3 is 17.9 Å². The standard InChI is InChI=1S/C17H13NO8/c19-9-5-17(22)6-10(20)25-14-12-11(7-3-1-2-4-8(7)23-12)13(24-9)15(18-14)26-16(17)21/h1-4,13-15,18,22H,5-6H2. The van der Waals surface area contributed by atoms with E-state index in [0.717, 1.165) is 0 Å². The molecule has 2 saturated heterocycles. The van der Waals surface area contributed by atoms with Gasteiger partial charge in [0.2, 0.25) is 6.23 Å². The highest BCUT2D eigenvalue weighted by Gasteiger charge is 2.53. The van der Waals surface area contributed by atoms with Gasteiger partial charge in [0.1, 0.15) is 5.58 Å². The number of rotatable bonds is 0. The first-order valence-electron chi connectivity index (χ1n) is 8.04. The number of nitrogens with one attached hydrogen (secondary N) is 1. The molecule has 9 heteroatoms. The van der Waals surface area contributed by atoms with E-state index in [0.29, 0.717) is 16.5 Å². The summed E-state index contributed by atoms with van der Waals surface area (Å²) in [6.07, 6.45) is -4.62. The van der Waals surface area contributed by atoms with E-state index in [1.54, 1.807) is 24.3 Å². The molecule has 3 aliphatic heterocycles. The lowest BCUT2D eigenvalue weighted by molar-refractivity contribution is -0.202. The number of esters is 3. The highest BCUT2D eigenvalue weighted by atomic mass is 16.6. The smallest absolute Gasteiger partial charge is 0.341 e. The third-order valence-electron chi connectivity index (χ3n) is 4.77. The van der Waals surface area contributed by atoms with Crippen LogP contribution >= 0.6 is 0 Å². The first-order chi connectivity index (χ1) is 12.4. The molecule has 0 spiro atoms. The number of carbonyl (C=O) groups excluding carboxylic acids is 3. The summed E-state index contributed by atoms with van der Waals surface area (Å²) in [5.41, 5.74) is -1.35. The Morgan fingerprint density at radius 3 is 2.58 bits per heavy atom. The summed E-state index contributed by atoms with van der Waals surface area (Å²) in [4.78, 5) is 37.0. The molecule has 4 unspecified atom stereocenters. The van der Waals surface area contributed by atoms with Crippen molar-refractivity contribution in [3.63, 3.8) is 0 Å². The molecule has 2 N–H and O–H groups in total. The van der Waals surface area contributed by atoms with Crippen LogP contribution < -0.4 is 5.32 Å². The van der Waals surface area contributed by atoms with Crippen molar-refractivity contribution in [1.29, 1.82) is 0 Å². The Labute approximate surface area is 145 Å². The summed E-state index contributed by atoms with van der Waals surface area (Å²) >= 11 is 0. The lowest BCUT2D eigenvalue weighted by Crippen LogP contribution is -2.52. The molecule has 0 amide bonds. The maximum Gasteiger partial charge on any atom is 0.341 e. The number of fused-ring (bicyclic) bond motifs is 8. The van der Waals surface area contributed by atoms with Crippen LogP contribution in [0.4, 0.5) is 0 Å². The molecule has 0 saturated carbocycles. The normalized spacial score (nSPS) is 33.3. The number of carbonyl (C=O) groups is 3. The molecular formula is C17H13NO8. The molecule has 4 heterocycles. The van der Waals surface area contributed by atoms with E-state index < -0.39 is 54.9 Å². The number of furan rings is 1. The minimum atomic E-state index is -2.33. The number of para-hydroxylation sites is 1. The number of aliphatic hydroxyl groups is 1. The fourth-order valence-corrected chi connectivity index (χ4v) is 3.61. The average molecular weight is 359 g/mol. The van der Waals surface area contributed by atoms with Crippen molar-refractivity contribution in [2.24, 2.45) is 0 Å². The van der Waals surface area contributed by atoms with Gasteiger partial charge in [0.15, 0.2) is 23.7 Å². The minimum Gasteiger partial charge on any atom is -0.455 e. The first-order valence-corrected chi connectivity index (χ1v) is 8.04. The fraction of sp³-hybridized carbons (Fsp3) is 0.353. The molecule has 26 heavy (non-hydrogen) atoms. The van der Waals surface area contributed by atoms with Crippen LogP contribution in [0, 0.1) is 0 Å². The van der Waals surface area contributed by atoms with Gasteiger partial charge in [-0.2, -0.15) is 0 Å². The molecule has 5 rings (SSSR count). The van der Waals surface area contributed by atoms with E-state index in [-0.39, 0.29) is 5.76 Å². The van der Waals surface area contributed by atoms with Gasteiger partial charge < -0.3 is 23.7 Å². The number of hydrogen-bond acceptors (Lipinski definition) is 9. The van der Waals surface area contributed by atoms with Crippen LogP contribution in [0.15, 0.2) is 28.7 Å². The topological polar surface area (TPSA) is 124 Å². The molecule has 0 aliphatic carbocycles. The van der Waals surface area contributed by atoms with Gasteiger partial charge in [0, 0.05) is 5.39 Å². The molecule has 3 bridgehead atoms. The third kappa shape index (κ3) is 2.07. The SMILES string of the molecule is O=C1CC2(O)CC(=O)OC3c4c(oc5ccccc45)C(NC3OC2=O)O1.